The third kappa shape index (κ3) is 4.71. The highest BCUT2D eigenvalue weighted by Crippen LogP contribution is 2.36. The van der Waals surface area contributed by atoms with Crippen LogP contribution < -0.4 is 4.74 Å². The zero-order chi connectivity index (χ0) is 27.6. The van der Waals surface area contributed by atoms with Crippen molar-refractivity contribution >= 4 is 27.6 Å². The lowest BCUT2D eigenvalue weighted by molar-refractivity contribution is 0.0690. The number of benzene rings is 3. The SMILES string of the molecule is Cc1nn(Cc2cccnc2)c(C)c1-c1cccc2c(CCCOc3cccc4ccccc34)c(C(=O)O)[nH]c12. The van der Waals surface area contributed by atoms with Crippen molar-refractivity contribution in [3.8, 4) is 16.9 Å². The molecule has 3 heterocycles. The molecule has 40 heavy (non-hydrogen) atoms. The molecular formula is C33H30N4O3. The van der Waals surface area contributed by atoms with E-state index in [9.17, 15) is 9.90 Å². The molecule has 3 aromatic heterocycles. The summed E-state index contributed by atoms with van der Waals surface area (Å²) < 4.78 is 8.11. The van der Waals surface area contributed by atoms with Gasteiger partial charge < -0.3 is 14.8 Å². The predicted molar refractivity (Wildman–Crippen MR) is 157 cm³/mol. The van der Waals surface area contributed by atoms with Crippen LogP contribution in [0.2, 0.25) is 0 Å². The number of hydrogen-bond acceptors (Lipinski definition) is 4. The summed E-state index contributed by atoms with van der Waals surface area (Å²) >= 11 is 0. The number of para-hydroxylation sites is 1. The topological polar surface area (TPSA) is 93.0 Å². The normalized spacial score (nSPS) is 11.3. The van der Waals surface area contributed by atoms with Gasteiger partial charge in [-0.05, 0) is 55.3 Å². The van der Waals surface area contributed by atoms with Gasteiger partial charge >= 0.3 is 5.97 Å². The molecule has 0 aliphatic heterocycles. The molecule has 6 rings (SSSR count). The fraction of sp³-hybridized carbons (Fsp3) is 0.182. The van der Waals surface area contributed by atoms with E-state index in [0.717, 1.165) is 61.1 Å². The van der Waals surface area contributed by atoms with E-state index in [0.29, 0.717) is 26.0 Å². The molecule has 0 aliphatic carbocycles. The molecule has 200 valence electrons. The van der Waals surface area contributed by atoms with Crippen molar-refractivity contribution in [3.05, 3.63) is 113 Å². The number of carboxylic acids is 1. The number of fused-ring (bicyclic) bond motifs is 2. The Bertz CT molecular complexity index is 1830. The van der Waals surface area contributed by atoms with Crippen molar-refractivity contribution in [1.82, 2.24) is 19.7 Å². The van der Waals surface area contributed by atoms with E-state index in [1.165, 1.54) is 0 Å². The van der Waals surface area contributed by atoms with E-state index >= 15 is 0 Å². The zero-order valence-electron chi connectivity index (χ0n) is 22.5. The number of hydrogen-bond donors (Lipinski definition) is 2. The minimum absolute atomic E-state index is 0.227. The molecule has 6 aromatic rings. The first-order valence-electron chi connectivity index (χ1n) is 13.4. The third-order valence-corrected chi connectivity index (χ3v) is 7.44. The summed E-state index contributed by atoms with van der Waals surface area (Å²) in [7, 11) is 0. The summed E-state index contributed by atoms with van der Waals surface area (Å²) in [5.74, 6) is -0.125. The average Bonchev–Trinajstić information content (AvgIpc) is 3.48. The summed E-state index contributed by atoms with van der Waals surface area (Å²) in [6, 6.07) is 24.1. The first-order chi connectivity index (χ1) is 19.5. The quantitative estimate of drug-likeness (QED) is 0.197. The van der Waals surface area contributed by atoms with Gasteiger partial charge in [0.2, 0.25) is 0 Å². The Morgan fingerprint density at radius 2 is 1.77 bits per heavy atom. The predicted octanol–water partition coefficient (Wildman–Crippen LogP) is 6.95. The molecule has 0 radical (unpaired) electrons. The first-order valence-corrected chi connectivity index (χ1v) is 13.4. The Labute approximate surface area is 232 Å². The van der Waals surface area contributed by atoms with E-state index in [2.05, 4.69) is 35.1 Å². The summed E-state index contributed by atoms with van der Waals surface area (Å²) in [6.45, 7) is 5.15. The van der Waals surface area contributed by atoms with E-state index in [4.69, 9.17) is 9.84 Å². The third-order valence-electron chi connectivity index (χ3n) is 7.44. The van der Waals surface area contributed by atoms with Crippen LogP contribution in [0.4, 0.5) is 0 Å². The summed E-state index contributed by atoms with van der Waals surface area (Å²) in [6.07, 6.45) is 4.86. The molecule has 0 fully saturated rings. The molecule has 0 bridgehead atoms. The smallest absolute Gasteiger partial charge is 0.352 e. The maximum atomic E-state index is 12.3. The Morgan fingerprint density at radius 1 is 0.975 bits per heavy atom. The lowest BCUT2D eigenvalue weighted by atomic mass is 9.98. The molecule has 7 heteroatoms. The Balaban J connectivity index is 1.29. The lowest BCUT2D eigenvalue weighted by Crippen LogP contribution is -2.04. The number of carboxylic acid groups (broad SMARTS) is 1. The van der Waals surface area contributed by atoms with Crippen LogP contribution in [0.5, 0.6) is 5.75 Å². The van der Waals surface area contributed by atoms with Crippen LogP contribution in [0.3, 0.4) is 0 Å². The maximum Gasteiger partial charge on any atom is 0.352 e. The molecule has 0 unspecified atom stereocenters. The molecule has 0 saturated heterocycles. The van der Waals surface area contributed by atoms with Gasteiger partial charge in [0.05, 0.1) is 24.4 Å². The molecule has 0 spiro atoms. The Hall–Kier alpha value is -4.91. The second-order valence-electron chi connectivity index (χ2n) is 10.0. The van der Waals surface area contributed by atoms with E-state index < -0.39 is 5.97 Å². The summed E-state index contributed by atoms with van der Waals surface area (Å²) in [5, 5.41) is 18.0. The highest BCUT2D eigenvalue weighted by atomic mass is 16.5. The summed E-state index contributed by atoms with van der Waals surface area (Å²) in [5.41, 5.74) is 6.78. The van der Waals surface area contributed by atoms with Gasteiger partial charge in [0, 0.05) is 40.0 Å². The number of carbonyl (C=O) groups is 1. The fourth-order valence-corrected chi connectivity index (χ4v) is 5.58. The second kappa shape index (κ2) is 10.7. The number of nitrogens with one attached hydrogen (secondary N) is 1. The number of nitrogens with zero attached hydrogens (tertiary/aromatic N) is 3. The monoisotopic (exact) mass is 530 g/mol. The van der Waals surface area contributed by atoms with Crippen LogP contribution in [0.25, 0.3) is 32.8 Å². The lowest BCUT2D eigenvalue weighted by Gasteiger charge is -2.10. The van der Waals surface area contributed by atoms with E-state index in [1.807, 2.05) is 72.4 Å². The van der Waals surface area contributed by atoms with Gasteiger partial charge in [-0.25, -0.2) is 4.79 Å². The highest BCUT2D eigenvalue weighted by molar-refractivity contribution is 6.03. The standard InChI is InChI=1S/C33H30N4O3/c1-21-30(22(2)37(36-21)20-23-9-7-17-34-19-23)28-14-6-13-26-27(32(33(38)39)35-31(26)28)15-8-18-40-29-16-5-11-24-10-3-4-12-25(24)29/h3-7,9-14,16-17,19,35H,8,15,18,20H2,1-2H3,(H,38,39). The van der Waals surface area contributed by atoms with Gasteiger partial charge in [0.25, 0.3) is 0 Å². The van der Waals surface area contributed by atoms with Crippen molar-refractivity contribution in [2.45, 2.75) is 33.2 Å². The molecule has 0 amide bonds. The number of aromatic amines is 1. The van der Waals surface area contributed by atoms with Crippen molar-refractivity contribution in [1.29, 1.82) is 0 Å². The molecule has 3 aromatic carbocycles. The highest BCUT2D eigenvalue weighted by Gasteiger charge is 2.22. The van der Waals surface area contributed by atoms with Crippen LogP contribution in [-0.2, 0) is 13.0 Å². The minimum atomic E-state index is -0.965. The zero-order valence-corrected chi connectivity index (χ0v) is 22.5. The fourth-order valence-electron chi connectivity index (χ4n) is 5.58. The van der Waals surface area contributed by atoms with Crippen LogP contribution in [0.1, 0.15) is 39.4 Å². The van der Waals surface area contributed by atoms with Crippen LogP contribution in [0, 0.1) is 13.8 Å². The van der Waals surface area contributed by atoms with Gasteiger partial charge in [0.15, 0.2) is 0 Å². The van der Waals surface area contributed by atoms with Gasteiger partial charge in [-0.1, -0.05) is 60.7 Å². The van der Waals surface area contributed by atoms with Crippen LogP contribution in [0.15, 0.2) is 85.2 Å². The van der Waals surface area contributed by atoms with Crippen molar-refractivity contribution < 1.29 is 14.6 Å². The number of aromatic nitrogens is 4. The number of ether oxygens (including phenoxy) is 1. The molecule has 0 atom stereocenters. The van der Waals surface area contributed by atoms with Crippen molar-refractivity contribution in [2.24, 2.45) is 0 Å². The number of H-pyrrole nitrogens is 1. The van der Waals surface area contributed by atoms with E-state index in [1.54, 1.807) is 6.20 Å². The average molecular weight is 531 g/mol. The molecule has 2 N–H and O–H groups in total. The number of pyridine rings is 1. The number of rotatable bonds is 9. The van der Waals surface area contributed by atoms with Crippen molar-refractivity contribution in [3.63, 3.8) is 0 Å². The van der Waals surface area contributed by atoms with Gasteiger partial charge in [-0.3, -0.25) is 9.67 Å². The number of aromatic carboxylic acids is 1. The van der Waals surface area contributed by atoms with Gasteiger partial charge in [0.1, 0.15) is 11.4 Å². The van der Waals surface area contributed by atoms with E-state index in [-0.39, 0.29) is 5.69 Å². The Kier molecular flexibility index (Phi) is 6.78. The molecule has 0 aliphatic rings. The summed E-state index contributed by atoms with van der Waals surface area (Å²) in [4.78, 5) is 19.8. The number of aryl methyl sites for hydroxylation is 2. The first kappa shape index (κ1) is 25.4. The minimum Gasteiger partial charge on any atom is -0.493 e. The maximum absolute atomic E-state index is 12.3. The molecule has 7 nitrogen and oxygen atoms in total. The second-order valence-corrected chi connectivity index (χ2v) is 10.0. The van der Waals surface area contributed by atoms with Crippen molar-refractivity contribution in [2.75, 3.05) is 6.61 Å². The van der Waals surface area contributed by atoms with Crippen LogP contribution >= 0.6 is 0 Å². The van der Waals surface area contributed by atoms with Gasteiger partial charge in [-0.15, -0.1) is 0 Å². The molecule has 0 saturated carbocycles. The Morgan fingerprint density at radius 3 is 2.60 bits per heavy atom. The molecular weight excluding hydrogens is 500 g/mol. The van der Waals surface area contributed by atoms with Crippen LogP contribution in [-0.4, -0.2) is 37.4 Å². The van der Waals surface area contributed by atoms with Gasteiger partial charge in [-0.2, -0.15) is 5.10 Å². The largest absolute Gasteiger partial charge is 0.493 e.